The second-order valence-electron chi connectivity index (χ2n) is 5.63. The normalized spacial score (nSPS) is 23.9. The molecule has 2 rings (SSSR count). The van der Waals surface area contributed by atoms with Gasteiger partial charge in [-0.15, -0.1) is 0 Å². The zero-order valence-electron chi connectivity index (χ0n) is 12.8. The lowest BCUT2D eigenvalue weighted by atomic mass is 10.0. The summed E-state index contributed by atoms with van der Waals surface area (Å²) in [4.78, 5) is 2.70. The van der Waals surface area contributed by atoms with E-state index in [1.165, 1.54) is 37.1 Å². The van der Waals surface area contributed by atoms with Gasteiger partial charge in [-0.2, -0.15) is 11.8 Å². The number of hydrogen-bond acceptors (Lipinski definition) is 3. The maximum Gasteiger partial charge on any atom is 0.0449 e. The van der Waals surface area contributed by atoms with Crippen molar-refractivity contribution in [3.05, 3.63) is 35.9 Å². The predicted molar refractivity (Wildman–Crippen MR) is 90.5 cm³/mol. The molecule has 2 unspecified atom stereocenters. The van der Waals surface area contributed by atoms with Crippen molar-refractivity contribution >= 4 is 11.8 Å². The van der Waals surface area contributed by atoms with Crippen LogP contribution < -0.4 is 5.32 Å². The van der Waals surface area contributed by atoms with Crippen molar-refractivity contribution in [2.24, 2.45) is 0 Å². The number of rotatable bonds is 7. The molecule has 1 aromatic carbocycles. The first-order chi connectivity index (χ1) is 9.85. The van der Waals surface area contributed by atoms with Gasteiger partial charge < -0.3 is 5.32 Å². The molecule has 1 aliphatic rings. The van der Waals surface area contributed by atoms with E-state index in [4.69, 9.17) is 0 Å². The molecule has 0 aromatic heterocycles. The molecule has 0 amide bonds. The van der Waals surface area contributed by atoms with Gasteiger partial charge in [-0.1, -0.05) is 37.3 Å². The van der Waals surface area contributed by atoms with Crippen LogP contribution in [0.15, 0.2) is 30.3 Å². The Morgan fingerprint density at radius 1 is 1.25 bits per heavy atom. The Hall–Kier alpha value is -0.510. The zero-order valence-corrected chi connectivity index (χ0v) is 13.7. The quantitative estimate of drug-likeness (QED) is 0.774. The van der Waals surface area contributed by atoms with E-state index in [1.807, 2.05) is 11.8 Å². The van der Waals surface area contributed by atoms with Gasteiger partial charge in [0.05, 0.1) is 0 Å². The molecule has 1 aliphatic heterocycles. The predicted octanol–water partition coefficient (Wildman–Crippen LogP) is 3.55. The summed E-state index contributed by atoms with van der Waals surface area (Å²) in [6.07, 6.45) is 6.12. The van der Waals surface area contributed by atoms with E-state index < -0.39 is 0 Å². The van der Waals surface area contributed by atoms with Crippen LogP contribution in [-0.2, 0) is 0 Å². The molecule has 0 bridgehead atoms. The largest absolute Gasteiger partial charge is 0.307 e. The molecule has 20 heavy (non-hydrogen) atoms. The van der Waals surface area contributed by atoms with Gasteiger partial charge in [-0.05, 0) is 43.4 Å². The van der Waals surface area contributed by atoms with Crippen molar-refractivity contribution < 1.29 is 0 Å². The topological polar surface area (TPSA) is 15.3 Å². The highest BCUT2D eigenvalue weighted by atomic mass is 32.2. The monoisotopic (exact) mass is 292 g/mol. The van der Waals surface area contributed by atoms with Crippen LogP contribution in [0.2, 0.25) is 0 Å². The van der Waals surface area contributed by atoms with Crippen LogP contribution >= 0.6 is 11.8 Å². The summed E-state index contributed by atoms with van der Waals surface area (Å²) in [6.45, 7) is 5.84. The SMILES string of the molecule is CCC1CNC(c2ccccc2)CN1CCCCSC. The van der Waals surface area contributed by atoms with Crippen LogP contribution in [0.3, 0.4) is 0 Å². The maximum absolute atomic E-state index is 3.72. The molecule has 2 nitrogen and oxygen atoms in total. The summed E-state index contributed by atoms with van der Waals surface area (Å²) in [5, 5.41) is 3.72. The summed E-state index contributed by atoms with van der Waals surface area (Å²) < 4.78 is 0. The minimum atomic E-state index is 0.500. The highest BCUT2D eigenvalue weighted by Gasteiger charge is 2.26. The Bertz CT molecular complexity index is 369. The summed E-state index contributed by atoms with van der Waals surface area (Å²) in [5.41, 5.74) is 1.43. The molecule has 112 valence electrons. The first-order valence-electron chi connectivity index (χ1n) is 7.86. The lowest BCUT2D eigenvalue weighted by Crippen LogP contribution is -2.52. The van der Waals surface area contributed by atoms with Crippen molar-refractivity contribution in [1.82, 2.24) is 10.2 Å². The first kappa shape index (κ1) is 15.9. The molecule has 0 spiro atoms. The Labute approximate surface area is 128 Å². The van der Waals surface area contributed by atoms with E-state index in [-0.39, 0.29) is 0 Å². The van der Waals surface area contributed by atoms with Gasteiger partial charge in [0.25, 0.3) is 0 Å². The maximum atomic E-state index is 3.72. The van der Waals surface area contributed by atoms with Gasteiger partial charge in [-0.25, -0.2) is 0 Å². The minimum absolute atomic E-state index is 0.500. The van der Waals surface area contributed by atoms with Gasteiger partial charge in [0.1, 0.15) is 0 Å². The molecule has 0 aliphatic carbocycles. The fraction of sp³-hybridized carbons (Fsp3) is 0.647. The molecule has 1 N–H and O–H groups in total. The molecular weight excluding hydrogens is 264 g/mol. The number of benzene rings is 1. The molecule has 3 heteroatoms. The summed E-state index contributed by atoms with van der Waals surface area (Å²) >= 11 is 1.96. The van der Waals surface area contributed by atoms with Crippen LogP contribution in [-0.4, -0.2) is 42.6 Å². The van der Waals surface area contributed by atoms with Gasteiger partial charge >= 0.3 is 0 Å². The van der Waals surface area contributed by atoms with Crippen LogP contribution in [0.1, 0.15) is 37.8 Å². The average molecular weight is 292 g/mol. The highest BCUT2D eigenvalue weighted by molar-refractivity contribution is 7.98. The van der Waals surface area contributed by atoms with E-state index in [2.05, 4.69) is 53.7 Å². The highest BCUT2D eigenvalue weighted by Crippen LogP contribution is 2.21. The molecule has 1 fully saturated rings. The molecule has 1 heterocycles. The summed E-state index contributed by atoms with van der Waals surface area (Å²) in [6, 6.07) is 12.1. The van der Waals surface area contributed by atoms with E-state index >= 15 is 0 Å². The molecule has 0 saturated carbocycles. The number of unbranched alkanes of at least 4 members (excludes halogenated alkanes) is 1. The number of hydrogen-bond donors (Lipinski definition) is 1. The third-order valence-corrected chi connectivity index (χ3v) is 4.95. The van der Waals surface area contributed by atoms with Gasteiger partial charge in [-0.3, -0.25) is 4.90 Å². The lowest BCUT2D eigenvalue weighted by Gasteiger charge is -2.40. The van der Waals surface area contributed by atoms with Crippen molar-refractivity contribution in [2.45, 2.75) is 38.3 Å². The molecule has 1 saturated heterocycles. The van der Waals surface area contributed by atoms with Crippen LogP contribution in [0, 0.1) is 0 Å². The van der Waals surface area contributed by atoms with Crippen molar-refractivity contribution in [1.29, 1.82) is 0 Å². The first-order valence-corrected chi connectivity index (χ1v) is 9.25. The molecule has 2 atom stereocenters. The second kappa shape index (κ2) is 8.71. The van der Waals surface area contributed by atoms with Crippen LogP contribution in [0.5, 0.6) is 0 Å². The van der Waals surface area contributed by atoms with Crippen LogP contribution in [0.4, 0.5) is 0 Å². The standard InChI is InChI=1S/C17H28N2S/c1-3-16-13-18-17(15-9-5-4-6-10-15)14-19(16)11-7-8-12-20-2/h4-6,9-10,16-18H,3,7-8,11-14H2,1-2H3. The van der Waals surface area contributed by atoms with Gasteiger partial charge in [0.2, 0.25) is 0 Å². The van der Waals surface area contributed by atoms with E-state index in [0.29, 0.717) is 12.1 Å². The molecular formula is C17H28N2S. The van der Waals surface area contributed by atoms with E-state index in [1.54, 1.807) is 0 Å². The summed E-state index contributed by atoms with van der Waals surface area (Å²) in [7, 11) is 0. The second-order valence-corrected chi connectivity index (χ2v) is 6.61. The average Bonchev–Trinajstić information content (AvgIpc) is 2.52. The molecule has 1 aromatic rings. The Morgan fingerprint density at radius 2 is 2.05 bits per heavy atom. The van der Waals surface area contributed by atoms with Crippen molar-refractivity contribution in [3.8, 4) is 0 Å². The Balaban J connectivity index is 1.89. The Kier molecular flexibility index (Phi) is 6.91. The smallest absolute Gasteiger partial charge is 0.0449 e. The van der Waals surface area contributed by atoms with Gasteiger partial charge in [0, 0.05) is 25.2 Å². The van der Waals surface area contributed by atoms with Crippen molar-refractivity contribution in [3.63, 3.8) is 0 Å². The number of nitrogens with zero attached hydrogens (tertiary/aromatic N) is 1. The third-order valence-electron chi connectivity index (χ3n) is 4.25. The van der Waals surface area contributed by atoms with Crippen molar-refractivity contribution in [2.75, 3.05) is 31.6 Å². The number of nitrogens with one attached hydrogen (secondary N) is 1. The van der Waals surface area contributed by atoms with E-state index in [0.717, 1.165) is 13.1 Å². The van der Waals surface area contributed by atoms with Crippen LogP contribution in [0.25, 0.3) is 0 Å². The van der Waals surface area contributed by atoms with E-state index in [9.17, 15) is 0 Å². The number of piperazine rings is 1. The van der Waals surface area contributed by atoms with Gasteiger partial charge in [0.15, 0.2) is 0 Å². The summed E-state index contributed by atoms with van der Waals surface area (Å²) in [5.74, 6) is 1.30. The fourth-order valence-electron chi connectivity index (χ4n) is 3.00. The Morgan fingerprint density at radius 3 is 2.75 bits per heavy atom. The molecule has 0 radical (unpaired) electrons. The third kappa shape index (κ3) is 4.51. The lowest BCUT2D eigenvalue weighted by molar-refractivity contribution is 0.125. The minimum Gasteiger partial charge on any atom is -0.307 e. The fourth-order valence-corrected chi connectivity index (χ4v) is 3.49. The zero-order chi connectivity index (χ0) is 14.2. The number of thioether (sulfide) groups is 1.